The number of para-hydroxylation sites is 1. The maximum absolute atomic E-state index is 14.7. The number of halogens is 2. The van der Waals surface area contributed by atoms with Crippen molar-refractivity contribution < 1.29 is 23.9 Å². The highest BCUT2D eigenvalue weighted by molar-refractivity contribution is 6.30. The van der Waals surface area contributed by atoms with Gasteiger partial charge >= 0.3 is 6.03 Å². The summed E-state index contributed by atoms with van der Waals surface area (Å²) < 4.78 is 16.0. The van der Waals surface area contributed by atoms with Gasteiger partial charge < -0.3 is 15.7 Å². The molecule has 1 aromatic heterocycles. The van der Waals surface area contributed by atoms with Gasteiger partial charge in [0.1, 0.15) is 5.82 Å². The van der Waals surface area contributed by atoms with E-state index in [1.54, 1.807) is 35.4 Å². The van der Waals surface area contributed by atoms with Crippen molar-refractivity contribution in [2.45, 2.75) is 50.1 Å². The predicted molar refractivity (Wildman–Crippen MR) is 133 cm³/mol. The Labute approximate surface area is 212 Å². The molecule has 5 rings (SSSR count). The Hall–Kier alpha value is -3.23. The lowest BCUT2D eigenvalue weighted by Crippen LogP contribution is -2.44. The van der Waals surface area contributed by atoms with Gasteiger partial charge in [-0.15, -0.1) is 0 Å². The van der Waals surface area contributed by atoms with Crippen molar-refractivity contribution in [1.29, 1.82) is 0 Å². The van der Waals surface area contributed by atoms with Crippen molar-refractivity contribution in [2.24, 2.45) is 11.7 Å². The fourth-order valence-electron chi connectivity index (χ4n) is 5.67. The summed E-state index contributed by atoms with van der Waals surface area (Å²) in [5.41, 5.74) is 7.10. The van der Waals surface area contributed by atoms with E-state index in [1.165, 1.54) is 10.6 Å². The molecule has 3 aromatic rings. The first-order valence-corrected chi connectivity index (χ1v) is 12.4. The molecule has 1 saturated heterocycles. The van der Waals surface area contributed by atoms with E-state index in [0.717, 1.165) is 11.8 Å². The van der Waals surface area contributed by atoms with Crippen LogP contribution in [0.25, 0.3) is 10.9 Å². The lowest BCUT2D eigenvalue weighted by Gasteiger charge is -2.28. The van der Waals surface area contributed by atoms with E-state index in [1.807, 2.05) is 12.1 Å². The summed E-state index contributed by atoms with van der Waals surface area (Å²) in [5.74, 6) is -1.16. The summed E-state index contributed by atoms with van der Waals surface area (Å²) in [6.45, 7) is -0.202. The van der Waals surface area contributed by atoms with E-state index >= 15 is 0 Å². The van der Waals surface area contributed by atoms with Gasteiger partial charge in [0.15, 0.2) is 5.78 Å². The Balaban J connectivity index is 1.37. The molecule has 2 aromatic carbocycles. The number of primary amides is 1. The second-order valence-corrected chi connectivity index (χ2v) is 10.1. The Morgan fingerprint density at radius 2 is 1.92 bits per heavy atom. The first-order chi connectivity index (χ1) is 17.3. The van der Waals surface area contributed by atoms with Crippen LogP contribution >= 0.6 is 11.6 Å². The van der Waals surface area contributed by atoms with Crippen LogP contribution in [0, 0.1) is 11.7 Å². The SMILES string of the molecule is NC(=O)n1cc(CC(=O)N2[C@@H]3C[C@@H]3C[C@H]2C(=O)C[C@H](CCO)c2cccc(Cl)c2F)c2ccccc21. The van der Waals surface area contributed by atoms with Crippen molar-refractivity contribution in [1.82, 2.24) is 9.47 Å². The van der Waals surface area contributed by atoms with Crippen LogP contribution in [0.4, 0.5) is 9.18 Å². The van der Waals surface area contributed by atoms with E-state index in [9.17, 15) is 23.9 Å². The number of benzene rings is 2. The summed E-state index contributed by atoms with van der Waals surface area (Å²) >= 11 is 5.95. The van der Waals surface area contributed by atoms with Gasteiger partial charge in [-0.25, -0.2) is 9.18 Å². The van der Waals surface area contributed by atoms with Gasteiger partial charge in [0.25, 0.3) is 0 Å². The molecule has 4 atom stereocenters. The molecular formula is C27H27ClFN3O4. The molecule has 1 aliphatic carbocycles. The highest BCUT2D eigenvalue weighted by Gasteiger charge is 2.55. The Morgan fingerprint density at radius 3 is 2.67 bits per heavy atom. The number of hydrogen-bond acceptors (Lipinski definition) is 4. The van der Waals surface area contributed by atoms with Gasteiger partial charge in [0, 0.05) is 30.7 Å². The van der Waals surface area contributed by atoms with E-state index in [2.05, 4.69) is 0 Å². The first kappa shape index (κ1) is 24.5. The lowest BCUT2D eigenvalue weighted by atomic mass is 9.88. The molecule has 2 aliphatic rings. The highest BCUT2D eigenvalue weighted by atomic mass is 35.5. The van der Waals surface area contributed by atoms with Crippen LogP contribution in [0.2, 0.25) is 5.02 Å². The molecule has 0 unspecified atom stereocenters. The quantitative estimate of drug-likeness (QED) is 0.476. The van der Waals surface area contributed by atoms with Gasteiger partial charge in [-0.2, -0.15) is 0 Å². The summed E-state index contributed by atoms with van der Waals surface area (Å²) in [6.07, 6.45) is 3.29. The number of hydrogen-bond donors (Lipinski definition) is 2. The summed E-state index contributed by atoms with van der Waals surface area (Å²) in [5, 5.41) is 10.3. The molecule has 9 heteroatoms. The monoisotopic (exact) mass is 511 g/mol. The van der Waals surface area contributed by atoms with Crippen LogP contribution in [0.15, 0.2) is 48.7 Å². The van der Waals surface area contributed by atoms with Gasteiger partial charge in [-0.1, -0.05) is 41.9 Å². The van der Waals surface area contributed by atoms with Crippen molar-refractivity contribution in [3.8, 4) is 0 Å². The van der Waals surface area contributed by atoms with E-state index in [-0.39, 0.29) is 54.5 Å². The van der Waals surface area contributed by atoms with Crippen molar-refractivity contribution in [2.75, 3.05) is 6.61 Å². The smallest absolute Gasteiger partial charge is 0.323 e. The number of aliphatic hydroxyl groups excluding tert-OH is 1. The number of Topliss-reactive ketones (excluding diaryl/α,β-unsaturated/α-hetero) is 1. The van der Waals surface area contributed by atoms with Gasteiger partial charge in [0.2, 0.25) is 5.91 Å². The van der Waals surface area contributed by atoms with Crippen LogP contribution in [0.3, 0.4) is 0 Å². The number of nitrogens with zero attached hydrogens (tertiary/aromatic N) is 2. The summed E-state index contributed by atoms with van der Waals surface area (Å²) in [7, 11) is 0. The molecule has 1 saturated carbocycles. The van der Waals surface area contributed by atoms with E-state index < -0.39 is 23.8 Å². The number of rotatable bonds is 8. The average molecular weight is 512 g/mol. The Kier molecular flexibility index (Phi) is 6.57. The van der Waals surface area contributed by atoms with Crippen LogP contribution in [0.1, 0.15) is 42.7 Å². The number of amides is 2. The molecule has 1 aliphatic heterocycles. The van der Waals surface area contributed by atoms with Crippen LogP contribution in [-0.2, 0) is 16.0 Å². The molecule has 36 heavy (non-hydrogen) atoms. The molecular weight excluding hydrogens is 485 g/mol. The number of carbonyl (C=O) groups excluding carboxylic acids is 3. The number of ketones is 1. The number of likely N-dealkylation sites (tertiary alicyclic amines) is 1. The maximum atomic E-state index is 14.7. The topological polar surface area (TPSA) is 106 Å². The van der Waals surface area contributed by atoms with E-state index in [0.29, 0.717) is 23.1 Å². The lowest BCUT2D eigenvalue weighted by molar-refractivity contribution is -0.138. The minimum absolute atomic E-state index is 0.00664. The average Bonchev–Trinajstić information content (AvgIpc) is 3.35. The van der Waals surface area contributed by atoms with Crippen LogP contribution in [-0.4, -0.2) is 51.0 Å². The van der Waals surface area contributed by atoms with Gasteiger partial charge in [0.05, 0.1) is 23.0 Å². The molecule has 0 spiro atoms. The molecule has 2 heterocycles. The molecule has 2 amide bonds. The van der Waals surface area contributed by atoms with Gasteiger partial charge in [-0.3, -0.25) is 14.2 Å². The van der Waals surface area contributed by atoms with Crippen LogP contribution < -0.4 is 5.73 Å². The minimum atomic E-state index is -0.635. The second kappa shape index (κ2) is 9.67. The third kappa shape index (κ3) is 4.40. The number of piperidine rings is 1. The first-order valence-electron chi connectivity index (χ1n) is 12.1. The third-order valence-electron chi connectivity index (χ3n) is 7.48. The largest absolute Gasteiger partial charge is 0.396 e. The molecule has 7 nitrogen and oxygen atoms in total. The standard InChI is InChI=1S/C27H27ClFN3O4/c28-20-6-3-5-19(26(20)29)15(8-9-33)12-24(34)23-11-16-10-22(16)32(23)25(35)13-17-14-31(27(30)36)21-7-2-1-4-18(17)21/h1-7,14-16,22-23,33H,8-13H2,(H2,30,36)/t15-,16+,22+,23-/m0/s1. The predicted octanol–water partition coefficient (Wildman–Crippen LogP) is 4.02. The Morgan fingerprint density at radius 1 is 1.14 bits per heavy atom. The van der Waals surface area contributed by atoms with Crippen LogP contribution in [0.5, 0.6) is 0 Å². The molecule has 0 radical (unpaired) electrons. The molecule has 3 N–H and O–H groups in total. The van der Waals surface area contributed by atoms with E-state index in [4.69, 9.17) is 17.3 Å². The number of fused-ring (bicyclic) bond motifs is 2. The zero-order valence-corrected chi connectivity index (χ0v) is 20.3. The van der Waals surface area contributed by atoms with Crippen molar-refractivity contribution in [3.05, 3.63) is 70.6 Å². The Bertz CT molecular complexity index is 1360. The zero-order valence-electron chi connectivity index (χ0n) is 19.6. The van der Waals surface area contributed by atoms with Crippen molar-refractivity contribution in [3.63, 3.8) is 0 Å². The second-order valence-electron chi connectivity index (χ2n) is 9.69. The third-order valence-corrected chi connectivity index (χ3v) is 7.78. The number of aromatic nitrogens is 1. The fourth-order valence-corrected chi connectivity index (χ4v) is 5.85. The van der Waals surface area contributed by atoms with Crippen molar-refractivity contribution >= 4 is 40.2 Å². The fraction of sp³-hybridized carbons (Fsp3) is 0.370. The number of nitrogens with two attached hydrogens (primary N) is 1. The summed E-state index contributed by atoms with van der Waals surface area (Å²) in [4.78, 5) is 40.5. The normalized spacial score (nSPS) is 21.4. The number of aliphatic hydroxyl groups is 1. The number of carbonyl (C=O) groups is 3. The molecule has 2 fully saturated rings. The highest BCUT2D eigenvalue weighted by Crippen LogP contribution is 2.49. The summed E-state index contributed by atoms with van der Waals surface area (Å²) in [6, 6.07) is 10.7. The molecule has 188 valence electrons. The minimum Gasteiger partial charge on any atom is -0.396 e. The zero-order chi connectivity index (χ0) is 25.6. The van der Waals surface area contributed by atoms with Gasteiger partial charge in [-0.05, 0) is 54.4 Å². The maximum Gasteiger partial charge on any atom is 0.323 e. The molecule has 0 bridgehead atoms.